The third kappa shape index (κ3) is 3.82. The Morgan fingerprint density at radius 3 is 2.78 bits per heavy atom. The van der Waals surface area contributed by atoms with E-state index in [1.165, 1.54) is 17.7 Å². The fourth-order valence-corrected chi connectivity index (χ4v) is 3.35. The molecule has 1 amide bonds. The smallest absolute Gasteiger partial charge is 0.276 e. The summed E-state index contributed by atoms with van der Waals surface area (Å²) in [6, 6.07) is 18.1. The number of para-hydroxylation sites is 1. The minimum atomic E-state index is -0.229. The standard InChI is InChI=1S/C22H20FN3O/c23-18-7-5-16(6-8-18)9-12-24-19-10-13-25-20(15-19)22(27)26-14-11-17-3-1-2-4-21(17)26/h1-8,10,13,15H,9,11-12,14H2,(H,24,25). The Balaban J connectivity index is 1.42. The van der Waals surface area contributed by atoms with E-state index in [4.69, 9.17) is 0 Å². The number of nitrogens with zero attached hydrogens (tertiary/aromatic N) is 2. The molecule has 0 saturated heterocycles. The van der Waals surface area contributed by atoms with Gasteiger partial charge in [0.25, 0.3) is 5.91 Å². The van der Waals surface area contributed by atoms with Crippen LogP contribution in [0.1, 0.15) is 21.6 Å². The number of nitrogens with one attached hydrogen (secondary N) is 1. The van der Waals surface area contributed by atoms with E-state index >= 15 is 0 Å². The molecule has 136 valence electrons. The molecule has 2 aromatic carbocycles. The fraction of sp³-hybridized carbons (Fsp3) is 0.182. The number of hydrogen-bond acceptors (Lipinski definition) is 3. The summed E-state index contributed by atoms with van der Waals surface area (Å²) in [7, 11) is 0. The molecule has 0 spiro atoms. The van der Waals surface area contributed by atoms with Crippen LogP contribution in [0.15, 0.2) is 66.9 Å². The molecule has 1 aliphatic rings. The Labute approximate surface area is 157 Å². The lowest BCUT2D eigenvalue weighted by Gasteiger charge is -2.17. The number of rotatable bonds is 5. The molecule has 0 unspecified atom stereocenters. The van der Waals surface area contributed by atoms with E-state index in [-0.39, 0.29) is 11.7 Å². The molecule has 0 fully saturated rings. The molecule has 0 saturated carbocycles. The molecule has 0 aliphatic carbocycles. The van der Waals surface area contributed by atoms with E-state index in [0.29, 0.717) is 18.8 Å². The van der Waals surface area contributed by atoms with Crippen molar-refractivity contribution in [1.29, 1.82) is 0 Å². The number of hydrogen-bond donors (Lipinski definition) is 1. The highest BCUT2D eigenvalue weighted by molar-refractivity contribution is 6.06. The molecule has 1 aromatic heterocycles. The topological polar surface area (TPSA) is 45.2 Å². The number of carbonyl (C=O) groups excluding carboxylic acids is 1. The summed E-state index contributed by atoms with van der Waals surface area (Å²) in [5, 5.41) is 3.31. The largest absolute Gasteiger partial charge is 0.385 e. The summed E-state index contributed by atoms with van der Waals surface area (Å²) in [6.45, 7) is 1.37. The molecule has 0 radical (unpaired) electrons. The van der Waals surface area contributed by atoms with Crippen molar-refractivity contribution in [2.24, 2.45) is 0 Å². The first-order chi connectivity index (χ1) is 13.2. The number of benzene rings is 2. The van der Waals surface area contributed by atoms with Gasteiger partial charge >= 0.3 is 0 Å². The number of aromatic nitrogens is 1. The van der Waals surface area contributed by atoms with Crippen molar-refractivity contribution >= 4 is 17.3 Å². The van der Waals surface area contributed by atoms with Gasteiger partial charge in [-0.1, -0.05) is 30.3 Å². The zero-order chi connectivity index (χ0) is 18.6. The minimum Gasteiger partial charge on any atom is -0.385 e. The second-order valence-electron chi connectivity index (χ2n) is 6.57. The van der Waals surface area contributed by atoms with Gasteiger partial charge in [-0.3, -0.25) is 9.78 Å². The zero-order valence-electron chi connectivity index (χ0n) is 14.9. The highest BCUT2D eigenvalue weighted by Gasteiger charge is 2.25. The van der Waals surface area contributed by atoms with E-state index < -0.39 is 0 Å². The van der Waals surface area contributed by atoms with E-state index in [1.807, 2.05) is 24.3 Å². The summed E-state index contributed by atoms with van der Waals surface area (Å²) in [5.74, 6) is -0.311. The van der Waals surface area contributed by atoms with Gasteiger partial charge < -0.3 is 10.2 Å². The van der Waals surface area contributed by atoms with Crippen LogP contribution < -0.4 is 10.2 Å². The molecular formula is C22H20FN3O. The Kier molecular flexibility index (Phi) is 4.83. The average molecular weight is 361 g/mol. The Morgan fingerprint density at radius 1 is 1.11 bits per heavy atom. The highest BCUT2D eigenvalue weighted by Crippen LogP contribution is 2.28. The number of halogens is 1. The van der Waals surface area contributed by atoms with Gasteiger partial charge in [-0.2, -0.15) is 0 Å². The highest BCUT2D eigenvalue weighted by atomic mass is 19.1. The van der Waals surface area contributed by atoms with Crippen LogP contribution in [0.25, 0.3) is 0 Å². The number of fused-ring (bicyclic) bond motifs is 1. The van der Waals surface area contributed by atoms with Crippen molar-refractivity contribution in [3.63, 3.8) is 0 Å². The molecule has 5 heteroatoms. The van der Waals surface area contributed by atoms with Gasteiger partial charge in [-0.05, 0) is 54.3 Å². The maximum atomic E-state index is 13.0. The van der Waals surface area contributed by atoms with Crippen molar-refractivity contribution in [3.05, 3.63) is 89.5 Å². The molecule has 0 atom stereocenters. The van der Waals surface area contributed by atoms with Gasteiger partial charge in [0.15, 0.2) is 0 Å². The first-order valence-electron chi connectivity index (χ1n) is 9.05. The number of carbonyl (C=O) groups is 1. The summed E-state index contributed by atoms with van der Waals surface area (Å²) in [4.78, 5) is 18.9. The zero-order valence-corrected chi connectivity index (χ0v) is 14.9. The normalized spacial score (nSPS) is 12.7. The second kappa shape index (κ2) is 7.58. The molecule has 2 heterocycles. The Morgan fingerprint density at radius 2 is 1.93 bits per heavy atom. The molecule has 0 bridgehead atoms. The maximum Gasteiger partial charge on any atom is 0.276 e. The van der Waals surface area contributed by atoms with Crippen LogP contribution in [0.5, 0.6) is 0 Å². The Hall–Kier alpha value is -3.21. The van der Waals surface area contributed by atoms with Crippen molar-refractivity contribution in [1.82, 2.24) is 4.98 Å². The van der Waals surface area contributed by atoms with E-state index in [9.17, 15) is 9.18 Å². The number of pyridine rings is 1. The van der Waals surface area contributed by atoms with Gasteiger partial charge in [0.1, 0.15) is 11.5 Å². The molecule has 4 nitrogen and oxygen atoms in total. The lowest BCUT2D eigenvalue weighted by molar-refractivity contribution is 0.0984. The monoisotopic (exact) mass is 361 g/mol. The average Bonchev–Trinajstić information content (AvgIpc) is 3.13. The summed E-state index contributed by atoms with van der Waals surface area (Å²) in [6.07, 6.45) is 3.29. The predicted molar refractivity (Wildman–Crippen MR) is 105 cm³/mol. The quantitative estimate of drug-likeness (QED) is 0.745. The maximum absolute atomic E-state index is 13.0. The first kappa shape index (κ1) is 17.2. The molecule has 27 heavy (non-hydrogen) atoms. The lowest BCUT2D eigenvalue weighted by Crippen LogP contribution is -2.29. The van der Waals surface area contributed by atoms with Crippen LogP contribution in [0.4, 0.5) is 15.8 Å². The fourth-order valence-electron chi connectivity index (χ4n) is 3.35. The molecule has 1 N–H and O–H groups in total. The van der Waals surface area contributed by atoms with E-state index in [1.54, 1.807) is 29.3 Å². The van der Waals surface area contributed by atoms with Crippen LogP contribution in [0.2, 0.25) is 0 Å². The van der Waals surface area contributed by atoms with Gasteiger partial charge in [-0.15, -0.1) is 0 Å². The SMILES string of the molecule is O=C(c1cc(NCCc2ccc(F)cc2)ccn1)N1CCc2ccccc21. The minimum absolute atomic E-state index is 0.0814. The molecule has 1 aliphatic heterocycles. The van der Waals surface area contributed by atoms with Gasteiger partial charge in [0.05, 0.1) is 0 Å². The van der Waals surface area contributed by atoms with E-state index in [2.05, 4.69) is 16.4 Å². The van der Waals surface area contributed by atoms with Gasteiger partial charge in [-0.25, -0.2) is 4.39 Å². The Bertz CT molecular complexity index is 956. The van der Waals surface area contributed by atoms with Crippen molar-refractivity contribution in [2.45, 2.75) is 12.8 Å². The van der Waals surface area contributed by atoms with Gasteiger partial charge in [0, 0.05) is 30.7 Å². The molecule has 4 rings (SSSR count). The van der Waals surface area contributed by atoms with Crippen molar-refractivity contribution < 1.29 is 9.18 Å². The second-order valence-corrected chi connectivity index (χ2v) is 6.57. The van der Waals surface area contributed by atoms with Crippen LogP contribution in [-0.2, 0) is 12.8 Å². The van der Waals surface area contributed by atoms with Crippen molar-refractivity contribution in [2.75, 3.05) is 23.3 Å². The summed E-state index contributed by atoms with van der Waals surface area (Å²) >= 11 is 0. The third-order valence-corrected chi connectivity index (χ3v) is 4.77. The first-order valence-corrected chi connectivity index (χ1v) is 9.05. The van der Waals surface area contributed by atoms with Crippen molar-refractivity contribution in [3.8, 4) is 0 Å². The van der Waals surface area contributed by atoms with Crippen LogP contribution in [0.3, 0.4) is 0 Å². The van der Waals surface area contributed by atoms with Crippen LogP contribution in [-0.4, -0.2) is 24.0 Å². The number of amides is 1. The van der Waals surface area contributed by atoms with Crippen LogP contribution in [0, 0.1) is 5.82 Å². The predicted octanol–water partition coefficient (Wildman–Crippen LogP) is 4.08. The van der Waals surface area contributed by atoms with Crippen LogP contribution >= 0.6 is 0 Å². The number of anilines is 2. The lowest BCUT2D eigenvalue weighted by atomic mass is 10.1. The van der Waals surface area contributed by atoms with E-state index in [0.717, 1.165) is 29.8 Å². The molecule has 3 aromatic rings. The van der Waals surface area contributed by atoms with Gasteiger partial charge in [0.2, 0.25) is 0 Å². The summed E-state index contributed by atoms with van der Waals surface area (Å²) in [5.41, 5.74) is 4.50. The third-order valence-electron chi connectivity index (χ3n) is 4.77. The molecular weight excluding hydrogens is 341 g/mol. The summed E-state index contributed by atoms with van der Waals surface area (Å²) < 4.78 is 13.0.